The second-order valence-electron chi connectivity index (χ2n) is 13.9. The van der Waals surface area contributed by atoms with Crippen LogP contribution < -0.4 is 5.32 Å². The Bertz CT molecular complexity index is 2810. The molecule has 0 fully saturated rings. The summed E-state index contributed by atoms with van der Waals surface area (Å²) in [4.78, 5) is 5.44. The quantitative estimate of drug-likeness (QED) is 0.198. The van der Waals surface area contributed by atoms with E-state index in [0.717, 1.165) is 49.7 Å². The number of benzene rings is 7. The summed E-state index contributed by atoms with van der Waals surface area (Å²) in [6.45, 7) is 2.32. The third-order valence-corrected chi connectivity index (χ3v) is 10.8. The number of furan rings is 1. The Labute approximate surface area is 302 Å². The number of rotatable bonds is 5. The summed E-state index contributed by atoms with van der Waals surface area (Å²) >= 11 is 0. The molecule has 0 radical (unpaired) electrons. The fourth-order valence-electron chi connectivity index (χ4n) is 8.03. The lowest BCUT2D eigenvalue weighted by molar-refractivity contribution is 0.348. The van der Waals surface area contributed by atoms with Crippen LogP contribution in [0.5, 0.6) is 0 Å². The molecule has 1 aliphatic heterocycles. The van der Waals surface area contributed by atoms with Crippen molar-refractivity contribution in [1.29, 1.82) is 0 Å². The first-order chi connectivity index (χ1) is 25.7. The fraction of sp³-hybridized carbons (Fsp3) is 0.0816. The van der Waals surface area contributed by atoms with E-state index < -0.39 is 0 Å². The fourth-order valence-corrected chi connectivity index (χ4v) is 8.03. The molecule has 0 saturated carbocycles. The van der Waals surface area contributed by atoms with Gasteiger partial charge in [-0.3, -0.25) is 4.99 Å². The molecule has 1 aromatic heterocycles. The van der Waals surface area contributed by atoms with E-state index in [4.69, 9.17) is 9.41 Å². The summed E-state index contributed by atoms with van der Waals surface area (Å²) in [6, 6.07) is 64.6. The highest BCUT2D eigenvalue weighted by atomic mass is 16.3. The van der Waals surface area contributed by atoms with Crippen molar-refractivity contribution in [2.45, 2.75) is 19.0 Å². The van der Waals surface area contributed by atoms with Crippen LogP contribution in [-0.2, 0) is 0 Å². The molecule has 0 amide bonds. The lowest BCUT2D eigenvalue weighted by Crippen LogP contribution is -2.40. The minimum absolute atomic E-state index is 0.0265. The first kappa shape index (κ1) is 30.2. The molecule has 3 unspecified atom stereocenters. The smallest absolute Gasteiger partial charge is 0.135 e. The van der Waals surface area contributed by atoms with E-state index in [1.165, 1.54) is 38.6 Å². The van der Waals surface area contributed by atoms with Crippen LogP contribution >= 0.6 is 0 Å². The number of amidine groups is 1. The van der Waals surface area contributed by atoms with E-state index in [9.17, 15) is 0 Å². The number of nitrogens with zero attached hydrogens (tertiary/aromatic N) is 1. The molecular formula is C49H34N2O. The lowest BCUT2D eigenvalue weighted by atomic mass is 9.80. The van der Waals surface area contributed by atoms with E-state index >= 15 is 0 Å². The zero-order valence-electron chi connectivity index (χ0n) is 28.7. The highest BCUT2D eigenvalue weighted by molar-refractivity contribution is 6.05. The zero-order valence-corrected chi connectivity index (χ0v) is 28.7. The third kappa shape index (κ3) is 5.20. The molecule has 9 aromatic rings. The Morgan fingerprint density at radius 1 is 0.577 bits per heavy atom. The first-order valence-corrected chi connectivity index (χ1v) is 17.9. The highest BCUT2D eigenvalue weighted by Crippen LogP contribution is 2.44. The van der Waals surface area contributed by atoms with E-state index in [2.05, 4.69) is 170 Å². The predicted octanol–water partition coefficient (Wildman–Crippen LogP) is 12.3. The van der Waals surface area contributed by atoms with Gasteiger partial charge in [-0.05, 0) is 98.1 Å². The molecule has 8 aromatic carbocycles. The molecule has 52 heavy (non-hydrogen) atoms. The Kier molecular flexibility index (Phi) is 7.15. The molecule has 0 aliphatic carbocycles. The normalized spacial score (nSPS) is 17.2. The van der Waals surface area contributed by atoms with Crippen molar-refractivity contribution in [2.24, 2.45) is 10.9 Å². The minimum atomic E-state index is -0.100. The van der Waals surface area contributed by atoms with Crippen LogP contribution in [0.15, 0.2) is 173 Å². The Balaban J connectivity index is 1.14. The summed E-state index contributed by atoms with van der Waals surface area (Å²) in [5.74, 6) is 1.02. The van der Waals surface area contributed by atoms with E-state index in [-0.39, 0.29) is 18.0 Å². The summed E-state index contributed by atoms with van der Waals surface area (Å²) in [6.07, 6.45) is 0. The standard InChI is InChI=1S/C49H34N2O/c1-31-47(40-24-25-42-41-17-9-10-18-45(41)52-46(42)30-40)50-49(34-13-3-2-4-14-34)51-48(31)43-26-23-38(37-21-19-32-11-5-7-15-35(32)27-37)29-44(43)39-22-20-33-12-6-8-16-36(33)28-39/h2-4,6-10,12-31,47-48H,1H3,(H,50,51). The number of aliphatic imine (C=N–C) groups is 1. The first-order valence-electron chi connectivity index (χ1n) is 17.9. The lowest BCUT2D eigenvalue weighted by Gasteiger charge is -2.37. The van der Waals surface area contributed by atoms with Gasteiger partial charge >= 0.3 is 0 Å². The van der Waals surface area contributed by atoms with Crippen molar-refractivity contribution in [3.63, 3.8) is 0 Å². The van der Waals surface area contributed by atoms with Crippen LogP contribution in [0.4, 0.5) is 0 Å². The average Bonchev–Trinajstić information content (AvgIpc) is 3.59. The average molecular weight is 667 g/mol. The van der Waals surface area contributed by atoms with Gasteiger partial charge in [0.25, 0.3) is 0 Å². The largest absolute Gasteiger partial charge is 0.456 e. The van der Waals surface area contributed by atoms with Crippen LogP contribution in [-0.4, -0.2) is 5.84 Å². The van der Waals surface area contributed by atoms with Gasteiger partial charge in [0.2, 0.25) is 0 Å². The summed E-state index contributed by atoms with van der Waals surface area (Å²) in [7, 11) is 0. The van der Waals surface area contributed by atoms with Crippen molar-refractivity contribution >= 4 is 49.3 Å². The SMILES string of the molecule is CC1C(c2ccc3c(c2)oc2ccccc23)N=C(c2ccccc2)NC1c1ccc(-c2ccc3c#cccc3c2)cc1-c1ccc2ccccc2c1. The van der Waals surface area contributed by atoms with Crippen LogP contribution in [0.1, 0.15) is 35.7 Å². The monoisotopic (exact) mass is 666 g/mol. The van der Waals surface area contributed by atoms with Gasteiger partial charge in [-0.25, -0.2) is 0 Å². The topological polar surface area (TPSA) is 37.5 Å². The van der Waals surface area contributed by atoms with Gasteiger partial charge in [-0.1, -0.05) is 134 Å². The number of hydrogen-bond acceptors (Lipinski definition) is 3. The molecule has 3 nitrogen and oxygen atoms in total. The molecule has 1 N–H and O–H groups in total. The minimum Gasteiger partial charge on any atom is -0.456 e. The summed E-state index contributed by atoms with van der Waals surface area (Å²) in [5, 5.41) is 10.9. The Hall–Kier alpha value is -6.63. The second kappa shape index (κ2) is 12.3. The third-order valence-electron chi connectivity index (χ3n) is 10.8. The number of para-hydroxylation sites is 1. The molecule has 2 heterocycles. The number of nitrogens with one attached hydrogen (secondary N) is 1. The second-order valence-corrected chi connectivity index (χ2v) is 13.9. The van der Waals surface area contributed by atoms with E-state index in [1.54, 1.807) is 0 Å². The molecule has 246 valence electrons. The Morgan fingerprint density at radius 2 is 1.33 bits per heavy atom. The number of hydrogen-bond donors (Lipinski definition) is 1. The molecule has 0 saturated heterocycles. The van der Waals surface area contributed by atoms with Gasteiger partial charge < -0.3 is 9.73 Å². The number of fused-ring (bicyclic) bond motifs is 5. The molecule has 10 rings (SSSR count). The Morgan fingerprint density at radius 3 is 2.25 bits per heavy atom. The van der Waals surface area contributed by atoms with Gasteiger partial charge in [0.15, 0.2) is 0 Å². The van der Waals surface area contributed by atoms with Crippen molar-refractivity contribution in [2.75, 3.05) is 0 Å². The summed E-state index contributed by atoms with van der Waals surface area (Å²) in [5.41, 5.74) is 10.0. The van der Waals surface area contributed by atoms with E-state index in [1.807, 2.05) is 18.2 Å². The molecule has 3 heteroatoms. The van der Waals surface area contributed by atoms with Crippen LogP contribution in [0.2, 0.25) is 0 Å². The molecule has 1 aliphatic rings. The van der Waals surface area contributed by atoms with Gasteiger partial charge in [-0.15, -0.1) is 0 Å². The van der Waals surface area contributed by atoms with Gasteiger partial charge in [-0.2, -0.15) is 0 Å². The zero-order chi connectivity index (χ0) is 34.6. The molecule has 0 spiro atoms. The maximum Gasteiger partial charge on any atom is 0.135 e. The van der Waals surface area contributed by atoms with Crippen molar-refractivity contribution < 1.29 is 4.42 Å². The van der Waals surface area contributed by atoms with E-state index in [0.29, 0.717) is 0 Å². The van der Waals surface area contributed by atoms with Crippen LogP contribution in [0.3, 0.4) is 0 Å². The summed E-state index contributed by atoms with van der Waals surface area (Å²) < 4.78 is 6.37. The van der Waals surface area contributed by atoms with Crippen molar-refractivity contribution in [1.82, 2.24) is 5.32 Å². The van der Waals surface area contributed by atoms with Crippen molar-refractivity contribution in [3.05, 3.63) is 193 Å². The molecule has 3 atom stereocenters. The van der Waals surface area contributed by atoms with Crippen molar-refractivity contribution in [3.8, 4) is 22.3 Å². The van der Waals surface area contributed by atoms with Gasteiger partial charge in [0, 0.05) is 27.6 Å². The van der Waals surface area contributed by atoms with Gasteiger partial charge in [0.1, 0.15) is 17.0 Å². The van der Waals surface area contributed by atoms with Crippen LogP contribution in [0, 0.1) is 18.1 Å². The molecular weight excluding hydrogens is 633 g/mol. The molecule has 0 bridgehead atoms. The highest BCUT2D eigenvalue weighted by Gasteiger charge is 2.35. The maximum absolute atomic E-state index is 6.37. The van der Waals surface area contributed by atoms with Crippen LogP contribution in [0.25, 0.3) is 65.7 Å². The maximum atomic E-state index is 6.37. The predicted molar refractivity (Wildman–Crippen MR) is 214 cm³/mol. The van der Waals surface area contributed by atoms with Gasteiger partial charge in [0.05, 0.1) is 12.1 Å².